The van der Waals surface area contributed by atoms with Crippen LogP contribution in [0.25, 0.3) is 0 Å². The van der Waals surface area contributed by atoms with E-state index in [2.05, 4.69) is 26.5 Å². The minimum Gasteiger partial charge on any atom is -0.493 e. The summed E-state index contributed by atoms with van der Waals surface area (Å²) in [6.07, 6.45) is 1.31. The second-order valence-corrected chi connectivity index (χ2v) is 7.56. The van der Waals surface area contributed by atoms with Gasteiger partial charge in [-0.05, 0) is 48.5 Å². The number of carbonyl (C=O) groups excluding carboxylic acids is 2. The lowest BCUT2D eigenvalue weighted by Crippen LogP contribution is -2.17. The highest BCUT2D eigenvalue weighted by molar-refractivity contribution is 9.10. The van der Waals surface area contributed by atoms with Gasteiger partial charge in [-0.25, -0.2) is 10.2 Å². The van der Waals surface area contributed by atoms with E-state index in [1.807, 2.05) is 0 Å². The van der Waals surface area contributed by atoms with Crippen molar-refractivity contribution in [1.29, 1.82) is 0 Å². The number of esters is 1. The van der Waals surface area contributed by atoms with E-state index in [1.165, 1.54) is 50.8 Å². The van der Waals surface area contributed by atoms with E-state index >= 15 is 0 Å². The summed E-state index contributed by atoms with van der Waals surface area (Å²) in [7, 11) is 2.95. The van der Waals surface area contributed by atoms with E-state index in [1.54, 1.807) is 30.3 Å². The standard InChI is InChI=1S/C23H18BrN3O7/c1-32-20-9-5-15(12-21(20)33-2)23(29)34-19-10-6-17(24)11-16(19)13-25-26-22(28)14-3-7-18(8-4-14)27(30)31/h3-13H,1-2H3,(H,26,28)/b25-13+. The van der Waals surface area contributed by atoms with Crippen molar-refractivity contribution in [2.24, 2.45) is 5.10 Å². The molecule has 0 fully saturated rings. The van der Waals surface area contributed by atoms with E-state index in [0.717, 1.165) is 0 Å². The number of hydrazone groups is 1. The molecule has 1 N–H and O–H groups in total. The number of rotatable bonds is 8. The third-order valence-electron chi connectivity index (χ3n) is 4.50. The maximum absolute atomic E-state index is 12.7. The molecule has 0 saturated heterocycles. The summed E-state index contributed by atoms with van der Waals surface area (Å²) >= 11 is 3.34. The molecule has 1 amide bonds. The van der Waals surface area contributed by atoms with Gasteiger partial charge in [0.25, 0.3) is 11.6 Å². The van der Waals surface area contributed by atoms with Crippen LogP contribution in [0.15, 0.2) is 70.2 Å². The Morgan fingerprint density at radius 3 is 2.24 bits per heavy atom. The molecule has 0 aromatic heterocycles. The summed E-state index contributed by atoms with van der Waals surface area (Å²) < 4.78 is 16.6. The predicted molar refractivity (Wildman–Crippen MR) is 127 cm³/mol. The van der Waals surface area contributed by atoms with E-state index in [0.29, 0.717) is 21.5 Å². The zero-order valence-corrected chi connectivity index (χ0v) is 19.6. The Hall–Kier alpha value is -4.25. The predicted octanol–water partition coefficient (Wildman–Crippen LogP) is 4.36. The molecule has 0 aliphatic rings. The first-order valence-electron chi connectivity index (χ1n) is 9.64. The van der Waals surface area contributed by atoms with Gasteiger partial charge in [-0.1, -0.05) is 15.9 Å². The summed E-state index contributed by atoms with van der Waals surface area (Å²) in [5.41, 5.74) is 3.05. The average molecular weight is 528 g/mol. The Labute approximate surface area is 202 Å². The summed E-state index contributed by atoms with van der Waals surface area (Å²) in [5.74, 6) is -0.142. The first kappa shape index (κ1) is 24.4. The van der Waals surface area contributed by atoms with Crippen LogP contribution in [0, 0.1) is 10.1 Å². The van der Waals surface area contributed by atoms with Crippen molar-refractivity contribution in [3.63, 3.8) is 0 Å². The van der Waals surface area contributed by atoms with Crippen LogP contribution < -0.4 is 19.6 Å². The smallest absolute Gasteiger partial charge is 0.343 e. The minimum absolute atomic E-state index is 0.130. The second-order valence-electron chi connectivity index (χ2n) is 6.64. The number of nitro benzene ring substituents is 1. The van der Waals surface area contributed by atoms with Gasteiger partial charge < -0.3 is 14.2 Å². The fourth-order valence-corrected chi connectivity index (χ4v) is 3.17. The number of nitrogens with one attached hydrogen (secondary N) is 1. The van der Waals surface area contributed by atoms with Crippen LogP contribution in [0.5, 0.6) is 17.2 Å². The number of halogens is 1. The quantitative estimate of drug-likeness (QED) is 0.151. The van der Waals surface area contributed by atoms with Gasteiger partial charge in [-0.2, -0.15) is 5.10 Å². The molecule has 3 rings (SSSR count). The number of hydrogen-bond acceptors (Lipinski definition) is 8. The fourth-order valence-electron chi connectivity index (χ4n) is 2.79. The molecule has 0 aliphatic carbocycles. The zero-order chi connectivity index (χ0) is 24.7. The van der Waals surface area contributed by atoms with Gasteiger partial charge in [0.2, 0.25) is 0 Å². The SMILES string of the molecule is COc1ccc(C(=O)Oc2ccc(Br)cc2/C=N/NC(=O)c2ccc([N+](=O)[O-])cc2)cc1OC. The molecular weight excluding hydrogens is 510 g/mol. The van der Waals surface area contributed by atoms with Gasteiger partial charge >= 0.3 is 5.97 Å². The van der Waals surface area contributed by atoms with Gasteiger partial charge in [0.15, 0.2) is 11.5 Å². The maximum atomic E-state index is 12.7. The number of carbonyl (C=O) groups is 2. The Morgan fingerprint density at radius 2 is 1.59 bits per heavy atom. The molecule has 0 radical (unpaired) electrons. The largest absolute Gasteiger partial charge is 0.493 e. The maximum Gasteiger partial charge on any atom is 0.343 e. The molecule has 11 heteroatoms. The highest BCUT2D eigenvalue weighted by Crippen LogP contribution is 2.29. The van der Waals surface area contributed by atoms with Crippen molar-refractivity contribution < 1.29 is 28.7 Å². The molecule has 3 aromatic carbocycles. The van der Waals surface area contributed by atoms with Crippen LogP contribution in [0.2, 0.25) is 0 Å². The number of benzene rings is 3. The molecule has 10 nitrogen and oxygen atoms in total. The van der Waals surface area contributed by atoms with Crippen LogP contribution in [0.1, 0.15) is 26.3 Å². The fraction of sp³-hybridized carbons (Fsp3) is 0.0870. The van der Waals surface area contributed by atoms with Gasteiger partial charge in [0, 0.05) is 27.7 Å². The van der Waals surface area contributed by atoms with Gasteiger partial charge in [0.05, 0.1) is 30.9 Å². The van der Waals surface area contributed by atoms with Crippen molar-refractivity contribution >= 4 is 39.7 Å². The summed E-state index contributed by atoms with van der Waals surface area (Å²) in [6.45, 7) is 0. The lowest BCUT2D eigenvalue weighted by atomic mass is 10.2. The number of amides is 1. The first-order valence-corrected chi connectivity index (χ1v) is 10.4. The molecule has 0 unspecified atom stereocenters. The summed E-state index contributed by atoms with van der Waals surface area (Å²) in [4.78, 5) is 35.1. The third kappa shape index (κ3) is 5.95. The first-order chi connectivity index (χ1) is 16.3. The third-order valence-corrected chi connectivity index (χ3v) is 5.00. The Balaban J connectivity index is 1.74. The molecule has 3 aromatic rings. The summed E-state index contributed by atoms with van der Waals surface area (Å²) in [5, 5.41) is 14.6. The Kier molecular flexibility index (Phi) is 7.93. The Bertz CT molecular complexity index is 1260. The number of non-ortho nitro benzene ring substituents is 1. The number of methoxy groups -OCH3 is 2. The normalized spacial score (nSPS) is 10.6. The number of hydrogen-bond donors (Lipinski definition) is 1. The van der Waals surface area contributed by atoms with E-state index in [-0.39, 0.29) is 22.6 Å². The molecule has 0 saturated carbocycles. The van der Waals surface area contributed by atoms with Crippen LogP contribution >= 0.6 is 15.9 Å². The van der Waals surface area contributed by atoms with Crippen LogP contribution in [-0.4, -0.2) is 37.2 Å². The van der Waals surface area contributed by atoms with Crippen molar-refractivity contribution in [3.05, 3.63) is 91.9 Å². The van der Waals surface area contributed by atoms with Crippen molar-refractivity contribution in [3.8, 4) is 17.2 Å². The number of ether oxygens (including phenoxy) is 3. The van der Waals surface area contributed by atoms with E-state index < -0.39 is 16.8 Å². The summed E-state index contributed by atoms with van der Waals surface area (Å²) in [6, 6.07) is 14.6. The molecule has 0 atom stereocenters. The molecule has 0 spiro atoms. The molecule has 0 heterocycles. The molecule has 174 valence electrons. The average Bonchev–Trinajstić information content (AvgIpc) is 2.84. The minimum atomic E-state index is -0.632. The lowest BCUT2D eigenvalue weighted by Gasteiger charge is -2.11. The van der Waals surface area contributed by atoms with Crippen LogP contribution in [0.3, 0.4) is 0 Å². The second kappa shape index (κ2) is 11.1. The van der Waals surface area contributed by atoms with Crippen molar-refractivity contribution in [2.75, 3.05) is 14.2 Å². The van der Waals surface area contributed by atoms with Gasteiger partial charge in [0.1, 0.15) is 5.75 Å². The van der Waals surface area contributed by atoms with Crippen molar-refractivity contribution in [1.82, 2.24) is 5.43 Å². The molecule has 34 heavy (non-hydrogen) atoms. The Morgan fingerprint density at radius 1 is 0.941 bits per heavy atom. The number of nitrogens with zero attached hydrogens (tertiary/aromatic N) is 2. The lowest BCUT2D eigenvalue weighted by molar-refractivity contribution is -0.384. The van der Waals surface area contributed by atoms with Crippen molar-refractivity contribution in [2.45, 2.75) is 0 Å². The highest BCUT2D eigenvalue weighted by Gasteiger charge is 2.15. The molecule has 0 aliphatic heterocycles. The monoisotopic (exact) mass is 527 g/mol. The zero-order valence-electron chi connectivity index (χ0n) is 18.0. The highest BCUT2D eigenvalue weighted by atomic mass is 79.9. The van der Waals surface area contributed by atoms with E-state index in [4.69, 9.17) is 14.2 Å². The number of nitro groups is 1. The van der Waals surface area contributed by atoms with Gasteiger partial charge in [-0.15, -0.1) is 0 Å². The molecule has 0 bridgehead atoms. The van der Waals surface area contributed by atoms with E-state index in [9.17, 15) is 19.7 Å². The van der Waals surface area contributed by atoms with Crippen LogP contribution in [-0.2, 0) is 0 Å². The molecular formula is C23H18BrN3O7. The van der Waals surface area contributed by atoms with Gasteiger partial charge in [-0.3, -0.25) is 14.9 Å². The van der Waals surface area contributed by atoms with Crippen LogP contribution in [0.4, 0.5) is 5.69 Å². The topological polar surface area (TPSA) is 129 Å².